The van der Waals surface area contributed by atoms with Gasteiger partial charge in [0.05, 0.1) is 31.4 Å². The molecule has 1 saturated heterocycles. The number of amidine groups is 1. The van der Waals surface area contributed by atoms with Gasteiger partial charge >= 0.3 is 18.2 Å². The number of ether oxygens (including phenoxy) is 6. The molecule has 5 rings (SSSR count). The quantitative estimate of drug-likeness (QED) is 0.513. The molecule has 1 atom stereocenters. The topological polar surface area (TPSA) is 118 Å². The van der Waals surface area contributed by atoms with Gasteiger partial charge in [-0.2, -0.15) is 0 Å². The van der Waals surface area contributed by atoms with E-state index < -0.39 is 34.3 Å². The van der Waals surface area contributed by atoms with Crippen molar-refractivity contribution >= 4 is 18.2 Å². The molecule has 4 heterocycles. The van der Waals surface area contributed by atoms with Gasteiger partial charge in [0.15, 0.2) is 0 Å². The summed E-state index contributed by atoms with van der Waals surface area (Å²) in [6, 6.07) is 9.40. The Labute approximate surface area is 239 Å². The van der Waals surface area contributed by atoms with Crippen molar-refractivity contribution in [2.75, 3.05) is 33.5 Å². The Hall–Kier alpha value is -3.86. The van der Waals surface area contributed by atoms with E-state index in [1.807, 2.05) is 30.3 Å². The lowest BCUT2D eigenvalue weighted by atomic mass is 9.64. The van der Waals surface area contributed by atoms with Gasteiger partial charge in [-0.15, -0.1) is 4.90 Å². The van der Waals surface area contributed by atoms with E-state index in [1.165, 1.54) is 0 Å². The van der Waals surface area contributed by atoms with Crippen LogP contribution in [0.15, 0.2) is 41.5 Å². The van der Waals surface area contributed by atoms with Gasteiger partial charge in [0.25, 0.3) is 0 Å². The highest BCUT2D eigenvalue weighted by atomic mass is 16.6. The van der Waals surface area contributed by atoms with Crippen LogP contribution in [0.1, 0.15) is 58.4 Å². The summed E-state index contributed by atoms with van der Waals surface area (Å²) in [5.41, 5.74) is -0.760. The van der Waals surface area contributed by atoms with Gasteiger partial charge in [-0.1, -0.05) is 6.07 Å². The van der Waals surface area contributed by atoms with Crippen LogP contribution in [0.4, 0.5) is 9.59 Å². The molecule has 2 spiro atoms. The summed E-state index contributed by atoms with van der Waals surface area (Å²) in [6.45, 7) is 11.4. The number of amides is 2. The first kappa shape index (κ1) is 28.7. The highest BCUT2D eigenvalue weighted by molar-refractivity contribution is 6.06. The van der Waals surface area contributed by atoms with Crippen molar-refractivity contribution in [1.29, 1.82) is 0 Å². The molecule has 11 nitrogen and oxygen atoms in total. The number of nitrogens with zero attached hydrogens (tertiary/aromatic N) is 3. The fourth-order valence-corrected chi connectivity index (χ4v) is 5.13. The van der Waals surface area contributed by atoms with E-state index in [4.69, 9.17) is 33.4 Å². The smallest absolute Gasteiger partial charge is 0.428 e. The Kier molecular flexibility index (Phi) is 7.13. The minimum absolute atomic E-state index is 0.0700. The number of aromatic nitrogens is 1. The number of rotatable bonds is 3. The average Bonchev–Trinajstić information content (AvgIpc) is 3.27. The van der Waals surface area contributed by atoms with Crippen LogP contribution in [0, 0.1) is 5.41 Å². The fourth-order valence-electron chi connectivity index (χ4n) is 5.13. The lowest BCUT2D eigenvalue weighted by Gasteiger charge is -2.53. The zero-order valence-electron chi connectivity index (χ0n) is 24.6. The molecule has 0 saturated carbocycles. The number of imide groups is 1. The molecule has 220 valence electrons. The van der Waals surface area contributed by atoms with Crippen molar-refractivity contribution in [3.05, 3.63) is 53.3 Å². The van der Waals surface area contributed by atoms with Crippen LogP contribution >= 0.6 is 0 Å². The molecule has 1 fully saturated rings. The summed E-state index contributed by atoms with van der Waals surface area (Å²) >= 11 is 0. The zero-order valence-corrected chi connectivity index (χ0v) is 24.6. The van der Waals surface area contributed by atoms with Gasteiger partial charge in [0, 0.05) is 18.2 Å². The maximum Gasteiger partial charge on any atom is 0.428 e. The van der Waals surface area contributed by atoms with E-state index in [9.17, 15) is 9.59 Å². The molecule has 0 bridgehead atoms. The number of aliphatic imine (C=N–C) groups is 1. The number of carbonyl (C=O) groups is 2. The van der Waals surface area contributed by atoms with Gasteiger partial charge in [-0.25, -0.2) is 14.6 Å². The SMILES string of the molecule is COc1cccnc1Cc1ccc2c(c1)C1(COC(N(C(=O)OC(C)(C)C)C(=O)OC(C)(C)C)=N1)C1(COC1)CO2. The second-order valence-electron chi connectivity index (χ2n) is 12.6. The molecular weight excluding hydrogens is 530 g/mol. The first-order valence-corrected chi connectivity index (χ1v) is 13.6. The van der Waals surface area contributed by atoms with Crippen LogP contribution in [0.3, 0.4) is 0 Å². The molecular formula is C30H37N3O8. The number of hydrogen-bond donors (Lipinski definition) is 0. The molecule has 41 heavy (non-hydrogen) atoms. The lowest BCUT2D eigenvalue weighted by Crippen LogP contribution is -2.63. The Morgan fingerprint density at radius 1 is 0.951 bits per heavy atom. The Morgan fingerprint density at radius 3 is 2.22 bits per heavy atom. The van der Waals surface area contributed by atoms with Gasteiger partial charge in [-0.3, -0.25) is 4.98 Å². The average molecular weight is 568 g/mol. The van der Waals surface area contributed by atoms with Crippen molar-refractivity contribution in [3.8, 4) is 11.5 Å². The van der Waals surface area contributed by atoms with E-state index in [2.05, 4.69) is 4.98 Å². The largest absolute Gasteiger partial charge is 0.495 e. The standard InChI is InChI=1S/C30H37N3O8/c1-27(2,3)40-25(34)33(26(35)41-28(4,5)6)24-32-30(18-39-24)20-13-19(14-21-23(36-7)9-8-12-31-21)10-11-22(20)38-17-29(30)15-37-16-29/h8-13H,14-18H2,1-7H3. The molecule has 1 unspecified atom stereocenters. The molecule has 0 aliphatic carbocycles. The summed E-state index contributed by atoms with van der Waals surface area (Å²) in [5, 5.41) is 0. The highest BCUT2D eigenvalue weighted by Crippen LogP contribution is 2.56. The van der Waals surface area contributed by atoms with Crippen molar-refractivity contribution in [1.82, 2.24) is 9.88 Å². The summed E-state index contributed by atoms with van der Waals surface area (Å²) in [4.78, 5) is 36.9. The van der Waals surface area contributed by atoms with Crippen molar-refractivity contribution in [3.63, 3.8) is 0 Å². The zero-order chi connectivity index (χ0) is 29.6. The Morgan fingerprint density at radius 2 is 1.63 bits per heavy atom. The van der Waals surface area contributed by atoms with Crippen LogP contribution in [-0.2, 0) is 30.9 Å². The fraction of sp³-hybridized carbons (Fsp3) is 0.533. The van der Waals surface area contributed by atoms with Crippen LogP contribution in [0.2, 0.25) is 0 Å². The first-order chi connectivity index (χ1) is 19.3. The minimum Gasteiger partial charge on any atom is -0.495 e. The number of benzene rings is 1. The van der Waals surface area contributed by atoms with Crippen molar-refractivity contribution < 1.29 is 38.0 Å². The third-order valence-corrected chi connectivity index (χ3v) is 7.11. The summed E-state index contributed by atoms with van der Waals surface area (Å²) in [7, 11) is 1.61. The molecule has 1 aromatic carbocycles. The number of hydrogen-bond acceptors (Lipinski definition) is 10. The van der Waals surface area contributed by atoms with Crippen molar-refractivity contribution in [2.45, 2.75) is 64.7 Å². The number of pyridine rings is 1. The lowest BCUT2D eigenvalue weighted by molar-refractivity contribution is -0.185. The summed E-state index contributed by atoms with van der Waals surface area (Å²) in [5.74, 6) is 1.34. The Balaban J connectivity index is 1.58. The van der Waals surface area contributed by atoms with Crippen LogP contribution < -0.4 is 9.47 Å². The van der Waals surface area contributed by atoms with Crippen LogP contribution in [0.25, 0.3) is 0 Å². The maximum atomic E-state index is 13.3. The van der Waals surface area contributed by atoms with Gasteiger partial charge in [0.1, 0.15) is 41.5 Å². The molecule has 2 aromatic rings. The molecule has 3 aliphatic heterocycles. The van der Waals surface area contributed by atoms with Crippen LogP contribution in [-0.4, -0.2) is 72.8 Å². The number of fused-ring (bicyclic) bond motifs is 3. The number of methoxy groups -OCH3 is 1. The highest BCUT2D eigenvalue weighted by Gasteiger charge is 2.65. The monoisotopic (exact) mass is 567 g/mol. The molecule has 3 aliphatic rings. The maximum absolute atomic E-state index is 13.3. The third kappa shape index (κ3) is 5.42. The van der Waals surface area contributed by atoms with Crippen molar-refractivity contribution in [2.24, 2.45) is 10.4 Å². The first-order valence-electron chi connectivity index (χ1n) is 13.6. The van der Waals surface area contributed by atoms with Gasteiger partial charge in [-0.05, 0) is 71.4 Å². The molecule has 1 aromatic heterocycles. The van der Waals surface area contributed by atoms with E-state index in [1.54, 1.807) is 54.8 Å². The second-order valence-corrected chi connectivity index (χ2v) is 12.6. The second kappa shape index (κ2) is 10.2. The predicted molar refractivity (Wildman–Crippen MR) is 148 cm³/mol. The summed E-state index contributed by atoms with van der Waals surface area (Å²) < 4.78 is 34.6. The van der Waals surface area contributed by atoms with E-state index in [-0.39, 0.29) is 12.6 Å². The minimum atomic E-state index is -0.985. The van der Waals surface area contributed by atoms with E-state index in [0.29, 0.717) is 37.7 Å². The van der Waals surface area contributed by atoms with Gasteiger partial charge < -0.3 is 28.4 Å². The molecule has 2 amide bonds. The summed E-state index contributed by atoms with van der Waals surface area (Å²) in [6.07, 6.45) is 0.357. The van der Waals surface area contributed by atoms with E-state index in [0.717, 1.165) is 21.7 Å². The molecule has 11 heteroatoms. The predicted octanol–water partition coefficient (Wildman–Crippen LogP) is 4.84. The van der Waals surface area contributed by atoms with Gasteiger partial charge in [0.2, 0.25) is 0 Å². The van der Waals surface area contributed by atoms with Crippen LogP contribution in [0.5, 0.6) is 11.5 Å². The molecule has 0 radical (unpaired) electrons. The Bertz CT molecular complexity index is 1340. The third-order valence-electron chi connectivity index (χ3n) is 7.11. The molecule has 0 N–H and O–H groups in total. The normalized spacial score (nSPS) is 20.7. The number of carbonyl (C=O) groups excluding carboxylic acids is 2. The van der Waals surface area contributed by atoms with E-state index >= 15 is 0 Å².